The molecule has 108 valence electrons. The van der Waals surface area contributed by atoms with E-state index in [4.69, 9.17) is 5.11 Å². The highest BCUT2D eigenvalue weighted by Crippen LogP contribution is 2.37. The third kappa shape index (κ3) is 2.39. The van der Waals surface area contributed by atoms with Crippen molar-refractivity contribution in [1.29, 1.82) is 0 Å². The van der Waals surface area contributed by atoms with E-state index in [0.717, 1.165) is 0 Å². The van der Waals surface area contributed by atoms with Gasteiger partial charge in [-0.05, 0) is 19.1 Å². The maximum absolute atomic E-state index is 12.2. The zero-order valence-electron chi connectivity index (χ0n) is 11.3. The summed E-state index contributed by atoms with van der Waals surface area (Å²) in [6, 6.07) is 8.97. The van der Waals surface area contributed by atoms with Crippen molar-refractivity contribution in [2.24, 2.45) is 0 Å². The second-order valence-electron chi connectivity index (χ2n) is 4.38. The fourth-order valence-electron chi connectivity index (χ4n) is 2.16. The molecule has 3 rings (SSSR count). The van der Waals surface area contributed by atoms with Crippen molar-refractivity contribution < 1.29 is 24.9 Å². The number of carbonyl (C=O) groups is 2. The number of rotatable bonds is 0. The molecule has 0 heterocycles. The lowest BCUT2D eigenvalue weighted by Crippen LogP contribution is -2.20. The van der Waals surface area contributed by atoms with Crippen molar-refractivity contribution in [3.63, 3.8) is 0 Å². The smallest absolute Gasteiger partial charge is 0.198 e. The summed E-state index contributed by atoms with van der Waals surface area (Å²) in [5.74, 6) is -1.72. The Morgan fingerprint density at radius 2 is 1.38 bits per heavy atom. The lowest BCUT2D eigenvalue weighted by Gasteiger charge is -2.18. The highest BCUT2D eigenvalue weighted by atomic mass is 16.3. The Morgan fingerprint density at radius 3 is 1.95 bits per heavy atom. The molecule has 0 aromatic heterocycles. The van der Waals surface area contributed by atoms with Crippen LogP contribution in [-0.4, -0.2) is 33.5 Å². The first kappa shape index (κ1) is 14.7. The molecule has 1 aliphatic carbocycles. The molecule has 0 saturated carbocycles. The number of hydrogen-bond acceptors (Lipinski definition) is 5. The quantitative estimate of drug-likeness (QED) is 0.548. The van der Waals surface area contributed by atoms with Crippen molar-refractivity contribution in [3.05, 3.63) is 58.7 Å². The van der Waals surface area contributed by atoms with Crippen molar-refractivity contribution in [2.45, 2.75) is 6.92 Å². The first-order valence-electron chi connectivity index (χ1n) is 6.37. The average molecular weight is 286 g/mol. The highest BCUT2D eigenvalue weighted by Gasteiger charge is 2.32. The standard InChI is InChI=1S/C14H8O4.C2H6O/c15-10-6-5-9-11(14(10)18)13(17)8-4-2-1-3-7(8)12(9)16;1-2-3/h1-6,15,18H;3H,2H2,1H3. The molecule has 0 atom stereocenters. The molecule has 0 fully saturated rings. The third-order valence-electron chi connectivity index (χ3n) is 3.04. The van der Waals surface area contributed by atoms with Gasteiger partial charge in [-0.2, -0.15) is 0 Å². The molecule has 2 aromatic rings. The molecule has 5 nitrogen and oxygen atoms in total. The van der Waals surface area contributed by atoms with Gasteiger partial charge in [-0.25, -0.2) is 0 Å². The number of fused-ring (bicyclic) bond motifs is 2. The molecule has 3 N–H and O–H groups in total. The molecule has 5 heteroatoms. The predicted molar refractivity (Wildman–Crippen MR) is 75.8 cm³/mol. The highest BCUT2D eigenvalue weighted by molar-refractivity contribution is 6.29. The summed E-state index contributed by atoms with van der Waals surface area (Å²) < 4.78 is 0. The SMILES string of the molecule is CCO.O=C1c2ccccc2C(=O)c2c1ccc(O)c2O. The first-order valence-corrected chi connectivity index (χ1v) is 6.37. The van der Waals surface area contributed by atoms with Gasteiger partial charge in [0.15, 0.2) is 23.1 Å². The van der Waals surface area contributed by atoms with Gasteiger partial charge in [-0.1, -0.05) is 24.3 Å². The largest absolute Gasteiger partial charge is 0.504 e. The summed E-state index contributed by atoms with van der Waals surface area (Å²) in [6.07, 6.45) is 0. The minimum atomic E-state index is -0.541. The molecule has 0 aliphatic heterocycles. The van der Waals surface area contributed by atoms with Crippen molar-refractivity contribution in [3.8, 4) is 11.5 Å². The molecule has 0 radical (unpaired) electrons. The minimum Gasteiger partial charge on any atom is -0.504 e. The van der Waals surface area contributed by atoms with Crippen LogP contribution in [0, 0.1) is 0 Å². The van der Waals surface area contributed by atoms with Crippen LogP contribution >= 0.6 is 0 Å². The molecule has 21 heavy (non-hydrogen) atoms. The zero-order chi connectivity index (χ0) is 15.6. The first-order chi connectivity index (χ1) is 10.0. The van der Waals surface area contributed by atoms with Gasteiger partial charge in [0.1, 0.15) is 0 Å². The van der Waals surface area contributed by atoms with Crippen molar-refractivity contribution in [1.82, 2.24) is 0 Å². The normalized spacial score (nSPS) is 12.1. The Bertz CT molecular complexity index is 719. The summed E-state index contributed by atoms with van der Waals surface area (Å²) in [7, 11) is 0. The maximum Gasteiger partial charge on any atom is 0.198 e. The zero-order valence-corrected chi connectivity index (χ0v) is 11.3. The number of phenols is 2. The van der Waals surface area contributed by atoms with Crippen LogP contribution in [0.3, 0.4) is 0 Å². The molecule has 0 spiro atoms. The predicted octanol–water partition coefficient (Wildman–Crippen LogP) is 1.87. The molecule has 2 aromatic carbocycles. The second-order valence-corrected chi connectivity index (χ2v) is 4.38. The van der Waals surface area contributed by atoms with Gasteiger partial charge in [0.2, 0.25) is 0 Å². The van der Waals surface area contributed by atoms with Gasteiger partial charge in [-0.15, -0.1) is 0 Å². The van der Waals surface area contributed by atoms with Crippen LogP contribution in [0.2, 0.25) is 0 Å². The summed E-state index contributed by atoms with van der Waals surface area (Å²) in [4.78, 5) is 24.4. The van der Waals surface area contributed by atoms with Crippen LogP contribution in [0.25, 0.3) is 0 Å². The van der Waals surface area contributed by atoms with Gasteiger partial charge >= 0.3 is 0 Å². The molecular weight excluding hydrogens is 272 g/mol. The van der Waals surface area contributed by atoms with E-state index < -0.39 is 17.3 Å². The van der Waals surface area contributed by atoms with Crippen LogP contribution in [0.1, 0.15) is 38.8 Å². The summed E-state index contributed by atoms with van der Waals surface area (Å²) in [6.45, 7) is 1.93. The molecule has 0 bridgehead atoms. The van der Waals surface area contributed by atoms with E-state index in [1.807, 2.05) is 0 Å². The van der Waals surface area contributed by atoms with Crippen LogP contribution in [-0.2, 0) is 0 Å². The average Bonchev–Trinajstić information content (AvgIpc) is 2.48. The fraction of sp³-hybridized carbons (Fsp3) is 0.125. The van der Waals surface area contributed by atoms with Gasteiger partial charge in [0, 0.05) is 23.3 Å². The summed E-state index contributed by atoms with van der Waals surface area (Å²) >= 11 is 0. The summed E-state index contributed by atoms with van der Waals surface area (Å²) in [5, 5.41) is 26.7. The van der Waals surface area contributed by atoms with Gasteiger partial charge in [0.05, 0.1) is 5.56 Å². The lowest BCUT2D eigenvalue weighted by atomic mass is 9.83. The Labute approximate surface area is 121 Å². The number of hydrogen-bond donors (Lipinski definition) is 3. The van der Waals surface area contributed by atoms with E-state index in [2.05, 4.69) is 0 Å². The minimum absolute atomic E-state index is 0.119. The Balaban J connectivity index is 0.000000497. The molecule has 0 amide bonds. The van der Waals surface area contributed by atoms with E-state index in [9.17, 15) is 19.8 Å². The second kappa shape index (κ2) is 5.76. The van der Waals surface area contributed by atoms with Gasteiger partial charge in [-0.3, -0.25) is 9.59 Å². The van der Waals surface area contributed by atoms with E-state index >= 15 is 0 Å². The number of aliphatic hydroxyl groups is 1. The van der Waals surface area contributed by atoms with Crippen molar-refractivity contribution in [2.75, 3.05) is 6.61 Å². The Kier molecular flexibility index (Phi) is 4.05. The number of ketones is 2. The number of aromatic hydroxyl groups is 2. The van der Waals surface area contributed by atoms with Crippen LogP contribution < -0.4 is 0 Å². The number of carbonyl (C=O) groups excluding carboxylic acids is 2. The molecule has 0 unspecified atom stereocenters. The molecule has 1 aliphatic rings. The lowest BCUT2D eigenvalue weighted by molar-refractivity contribution is 0.0976. The number of benzene rings is 2. The Hall–Kier alpha value is -2.66. The molecular formula is C16H14O5. The summed E-state index contributed by atoms with van der Waals surface area (Å²) in [5.41, 5.74) is 0.559. The van der Waals surface area contributed by atoms with Crippen LogP contribution in [0.5, 0.6) is 11.5 Å². The van der Waals surface area contributed by atoms with Crippen LogP contribution in [0.15, 0.2) is 36.4 Å². The van der Waals surface area contributed by atoms with Crippen molar-refractivity contribution >= 4 is 11.6 Å². The maximum atomic E-state index is 12.2. The van der Waals surface area contributed by atoms with Gasteiger partial charge < -0.3 is 15.3 Å². The van der Waals surface area contributed by atoms with E-state index in [1.54, 1.807) is 25.1 Å². The number of aliphatic hydroxyl groups excluding tert-OH is 1. The van der Waals surface area contributed by atoms with E-state index in [1.165, 1.54) is 18.2 Å². The van der Waals surface area contributed by atoms with Gasteiger partial charge in [0.25, 0.3) is 0 Å². The fourth-order valence-corrected chi connectivity index (χ4v) is 2.16. The van der Waals surface area contributed by atoms with E-state index in [0.29, 0.717) is 5.56 Å². The Morgan fingerprint density at radius 1 is 0.857 bits per heavy atom. The van der Waals surface area contributed by atoms with Crippen LogP contribution in [0.4, 0.5) is 0 Å². The topological polar surface area (TPSA) is 94.8 Å². The number of phenolic OH excluding ortho intramolecular Hbond substituents is 2. The van der Waals surface area contributed by atoms with E-state index in [-0.39, 0.29) is 29.1 Å². The third-order valence-corrected chi connectivity index (χ3v) is 3.04. The monoisotopic (exact) mass is 286 g/mol. The molecule has 0 saturated heterocycles.